The van der Waals surface area contributed by atoms with Crippen molar-refractivity contribution in [1.29, 1.82) is 0 Å². The Morgan fingerprint density at radius 2 is 1.93 bits per heavy atom. The van der Waals surface area contributed by atoms with Crippen molar-refractivity contribution in [2.75, 3.05) is 17.7 Å². The van der Waals surface area contributed by atoms with Gasteiger partial charge in [-0.2, -0.15) is 0 Å². The van der Waals surface area contributed by atoms with Crippen LogP contribution in [0.2, 0.25) is 0 Å². The zero-order valence-corrected chi connectivity index (χ0v) is 17.9. The number of carbonyl (C=O) groups excluding carboxylic acids is 2. The lowest BCUT2D eigenvalue weighted by atomic mass is 10.2. The van der Waals surface area contributed by atoms with Gasteiger partial charge < -0.3 is 15.4 Å². The summed E-state index contributed by atoms with van der Waals surface area (Å²) in [5, 5.41) is 7.88. The van der Waals surface area contributed by atoms with Crippen molar-refractivity contribution >= 4 is 45.7 Å². The highest BCUT2D eigenvalue weighted by atomic mass is 32.2. The Bertz CT molecular complexity index is 1020. The van der Waals surface area contributed by atoms with Gasteiger partial charge in [0.05, 0.1) is 18.1 Å². The first-order chi connectivity index (χ1) is 13.9. The molecule has 0 aliphatic rings. The molecule has 0 spiro atoms. The normalized spacial score (nSPS) is 11.6. The standard InChI is InChI=1S/C21H21N3O3S2/c1-13-12-28-21(22-13)24-19(25)14(2)29-18-9-5-7-16(11-18)23-20(26)15-6-4-8-17(10-15)27-3/h4-12,14H,1-3H3,(H,23,26)(H,22,24,25). The van der Waals surface area contributed by atoms with Crippen LogP contribution in [0.15, 0.2) is 58.8 Å². The summed E-state index contributed by atoms with van der Waals surface area (Å²) in [6, 6.07) is 14.4. The third kappa shape index (κ3) is 5.82. The van der Waals surface area contributed by atoms with E-state index in [4.69, 9.17) is 4.74 Å². The molecule has 0 fully saturated rings. The van der Waals surface area contributed by atoms with E-state index in [2.05, 4.69) is 15.6 Å². The average molecular weight is 428 g/mol. The first-order valence-corrected chi connectivity index (χ1v) is 10.7. The molecule has 150 valence electrons. The maximum absolute atomic E-state index is 12.5. The van der Waals surface area contributed by atoms with Gasteiger partial charge in [0.1, 0.15) is 5.75 Å². The van der Waals surface area contributed by atoms with Crippen molar-refractivity contribution in [1.82, 2.24) is 4.98 Å². The molecule has 0 bridgehead atoms. The molecule has 6 nitrogen and oxygen atoms in total. The maximum atomic E-state index is 12.5. The monoisotopic (exact) mass is 427 g/mol. The molecule has 29 heavy (non-hydrogen) atoms. The van der Waals surface area contributed by atoms with Crippen LogP contribution in [0.3, 0.4) is 0 Å². The number of nitrogens with one attached hydrogen (secondary N) is 2. The molecule has 0 aliphatic heterocycles. The first-order valence-electron chi connectivity index (χ1n) is 8.89. The van der Waals surface area contributed by atoms with Crippen molar-refractivity contribution in [2.24, 2.45) is 0 Å². The van der Waals surface area contributed by atoms with Gasteiger partial charge >= 0.3 is 0 Å². The molecule has 2 amide bonds. The van der Waals surface area contributed by atoms with E-state index in [1.807, 2.05) is 43.5 Å². The SMILES string of the molecule is COc1cccc(C(=O)Nc2cccc(SC(C)C(=O)Nc3nc(C)cs3)c2)c1. The average Bonchev–Trinajstić information content (AvgIpc) is 3.12. The van der Waals surface area contributed by atoms with E-state index in [-0.39, 0.29) is 17.1 Å². The summed E-state index contributed by atoms with van der Waals surface area (Å²) in [6.45, 7) is 3.72. The predicted molar refractivity (Wildman–Crippen MR) is 118 cm³/mol. The number of hydrogen-bond donors (Lipinski definition) is 2. The highest BCUT2D eigenvalue weighted by molar-refractivity contribution is 8.00. The summed E-state index contributed by atoms with van der Waals surface area (Å²) < 4.78 is 5.16. The summed E-state index contributed by atoms with van der Waals surface area (Å²) in [5.41, 5.74) is 2.05. The lowest BCUT2D eigenvalue weighted by molar-refractivity contribution is -0.115. The van der Waals surface area contributed by atoms with Crippen molar-refractivity contribution in [3.8, 4) is 5.75 Å². The third-order valence-corrected chi connectivity index (χ3v) is 5.92. The van der Waals surface area contributed by atoms with Crippen LogP contribution in [0.1, 0.15) is 23.0 Å². The van der Waals surface area contributed by atoms with Gasteiger partial charge in [0, 0.05) is 21.5 Å². The molecular weight excluding hydrogens is 406 g/mol. The number of nitrogens with zero attached hydrogens (tertiary/aromatic N) is 1. The van der Waals surface area contributed by atoms with Crippen LogP contribution < -0.4 is 15.4 Å². The van der Waals surface area contributed by atoms with E-state index in [1.54, 1.807) is 31.4 Å². The number of rotatable bonds is 7. The van der Waals surface area contributed by atoms with Crippen molar-refractivity contribution in [2.45, 2.75) is 24.0 Å². The fourth-order valence-electron chi connectivity index (χ4n) is 2.49. The van der Waals surface area contributed by atoms with Crippen molar-refractivity contribution < 1.29 is 14.3 Å². The Labute approximate surface area is 177 Å². The Morgan fingerprint density at radius 3 is 2.66 bits per heavy atom. The molecule has 1 unspecified atom stereocenters. The first kappa shape index (κ1) is 20.9. The highest BCUT2D eigenvalue weighted by Gasteiger charge is 2.16. The lowest BCUT2D eigenvalue weighted by Gasteiger charge is -2.12. The van der Waals surface area contributed by atoms with Crippen LogP contribution in [0.4, 0.5) is 10.8 Å². The van der Waals surface area contributed by atoms with Crippen molar-refractivity contribution in [3.63, 3.8) is 0 Å². The lowest BCUT2D eigenvalue weighted by Crippen LogP contribution is -2.22. The number of thioether (sulfide) groups is 1. The number of aryl methyl sites for hydroxylation is 1. The molecule has 2 N–H and O–H groups in total. The Morgan fingerprint density at radius 1 is 1.14 bits per heavy atom. The number of aromatic nitrogens is 1. The Balaban J connectivity index is 1.62. The van der Waals surface area contributed by atoms with Gasteiger partial charge in [-0.05, 0) is 50.2 Å². The highest BCUT2D eigenvalue weighted by Crippen LogP contribution is 2.27. The molecule has 0 saturated heterocycles. The fraction of sp³-hybridized carbons (Fsp3) is 0.190. The number of thiazole rings is 1. The van der Waals surface area contributed by atoms with Gasteiger partial charge in [-0.1, -0.05) is 12.1 Å². The molecule has 2 aromatic carbocycles. The Hall–Kier alpha value is -2.84. The number of anilines is 2. The number of benzene rings is 2. The second kappa shape index (κ2) is 9.58. The maximum Gasteiger partial charge on any atom is 0.255 e. The van der Waals surface area contributed by atoms with Gasteiger partial charge in [-0.3, -0.25) is 9.59 Å². The molecule has 1 atom stereocenters. The van der Waals surface area contributed by atoms with Crippen LogP contribution in [0.5, 0.6) is 5.75 Å². The van der Waals surface area contributed by atoms with E-state index < -0.39 is 0 Å². The second-order valence-corrected chi connectivity index (χ2v) is 8.53. The van der Waals surface area contributed by atoms with Crippen molar-refractivity contribution in [3.05, 3.63) is 65.2 Å². The fourth-order valence-corrected chi connectivity index (χ4v) is 4.11. The van der Waals surface area contributed by atoms with Gasteiger partial charge in [0.25, 0.3) is 5.91 Å². The smallest absolute Gasteiger partial charge is 0.255 e. The summed E-state index contributed by atoms with van der Waals surface area (Å²) in [4.78, 5) is 30.0. The number of ether oxygens (including phenoxy) is 1. The van der Waals surface area contributed by atoms with Gasteiger partial charge in [0.2, 0.25) is 5.91 Å². The quantitative estimate of drug-likeness (QED) is 0.528. The minimum Gasteiger partial charge on any atom is -0.497 e. The molecule has 3 rings (SSSR count). The molecule has 1 heterocycles. The van der Waals surface area contributed by atoms with E-state index in [1.165, 1.54) is 23.1 Å². The molecule has 0 radical (unpaired) electrons. The Kier molecular flexibility index (Phi) is 6.90. The largest absolute Gasteiger partial charge is 0.497 e. The van der Waals surface area contributed by atoms with Crippen LogP contribution in [-0.2, 0) is 4.79 Å². The summed E-state index contributed by atoms with van der Waals surface area (Å²) in [5.74, 6) is 0.281. The minimum absolute atomic E-state index is 0.116. The molecule has 1 aromatic heterocycles. The number of methoxy groups -OCH3 is 1. The topological polar surface area (TPSA) is 80.3 Å². The minimum atomic E-state index is -0.316. The predicted octanol–water partition coefficient (Wildman–Crippen LogP) is 4.83. The van der Waals surface area contributed by atoms with E-state index in [0.717, 1.165) is 10.6 Å². The third-order valence-electron chi connectivity index (χ3n) is 3.96. The molecule has 8 heteroatoms. The van der Waals surface area contributed by atoms with Gasteiger partial charge in [-0.25, -0.2) is 4.98 Å². The molecular formula is C21H21N3O3S2. The van der Waals surface area contributed by atoms with E-state index in [0.29, 0.717) is 22.1 Å². The zero-order chi connectivity index (χ0) is 20.8. The summed E-state index contributed by atoms with van der Waals surface area (Å²) >= 11 is 2.82. The number of hydrogen-bond acceptors (Lipinski definition) is 6. The summed E-state index contributed by atoms with van der Waals surface area (Å²) in [7, 11) is 1.56. The number of amides is 2. The van der Waals surface area contributed by atoms with E-state index >= 15 is 0 Å². The number of carbonyl (C=O) groups is 2. The van der Waals surface area contributed by atoms with Gasteiger partial charge in [0.15, 0.2) is 5.13 Å². The molecule has 0 saturated carbocycles. The zero-order valence-electron chi connectivity index (χ0n) is 16.3. The van der Waals surface area contributed by atoms with E-state index in [9.17, 15) is 9.59 Å². The second-order valence-electron chi connectivity index (χ2n) is 6.26. The molecule has 0 aliphatic carbocycles. The van der Waals surface area contributed by atoms with Crippen LogP contribution in [0.25, 0.3) is 0 Å². The van der Waals surface area contributed by atoms with Crippen LogP contribution in [0, 0.1) is 6.92 Å². The van der Waals surface area contributed by atoms with Crippen LogP contribution in [-0.4, -0.2) is 29.2 Å². The summed E-state index contributed by atoms with van der Waals surface area (Å²) in [6.07, 6.45) is 0. The van der Waals surface area contributed by atoms with Crippen LogP contribution >= 0.6 is 23.1 Å². The van der Waals surface area contributed by atoms with Gasteiger partial charge in [-0.15, -0.1) is 23.1 Å². The molecule has 3 aromatic rings.